The Bertz CT molecular complexity index is 580. The molecule has 0 unspecified atom stereocenters. The van der Waals surface area contributed by atoms with E-state index in [-0.39, 0.29) is 12.0 Å². The first kappa shape index (κ1) is 15.0. The number of rotatable bonds is 2. The Morgan fingerprint density at radius 1 is 1.35 bits per heavy atom. The van der Waals surface area contributed by atoms with Crippen LogP contribution >= 0.6 is 0 Å². The maximum atomic E-state index is 12.5. The zero-order chi connectivity index (χ0) is 15.6. The molecule has 124 valence electrons. The SMILES string of the molecule is O=C([C@@H]1CCCO1)N1CCc2nc([C@@H]3CCCNC3)ncc2C1. The zero-order valence-corrected chi connectivity index (χ0v) is 13.5. The molecule has 3 aliphatic rings. The Kier molecular flexibility index (Phi) is 4.27. The van der Waals surface area contributed by atoms with Gasteiger partial charge in [-0.1, -0.05) is 0 Å². The molecule has 3 aliphatic heterocycles. The van der Waals surface area contributed by atoms with Gasteiger partial charge in [0.15, 0.2) is 0 Å². The van der Waals surface area contributed by atoms with Crippen LogP contribution in [-0.4, -0.2) is 53.1 Å². The van der Waals surface area contributed by atoms with E-state index in [2.05, 4.69) is 10.3 Å². The molecule has 0 radical (unpaired) electrons. The summed E-state index contributed by atoms with van der Waals surface area (Å²) in [5, 5.41) is 3.42. The number of nitrogens with one attached hydrogen (secondary N) is 1. The van der Waals surface area contributed by atoms with Crippen LogP contribution in [0.25, 0.3) is 0 Å². The molecule has 1 N–H and O–H groups in total. The highest BCUT2D eigenvalue weighted by atomic mass is 16.5. The van der Waals surface area contributed by atoms with Crippen molar-refractivity contribution in [3.8, 4) is 0 Å². The number of amides is 1. The normalized spacial score (nSPS) is 27.7. The molecule has 23 heavy (non-hydrogen) atoms. The minimum absolute atomic E-state index is 0.133. The summed E-state index contributed by atoms with van der Waals surface area (Å²) in [6, 6.07) is 0. The second-order valence-corrected chi connectivity index (χ2v) is 6.75. The topological polar surface area (TPSA) is 67.3 Å². The maximum Gasteiger partial charge on any atom is 0.252 e. The lowest BCUT2D eigenvalue weighted by Gasteiger charge is -2.30. The van der Waals surface area contributed by atoms with E-state index < -0.39 is 0 Å². The molecule has 0 saturated carbocycles. The van der Waals surface area contributed by atoms with Crippen LogP contribution in [0.3, 0.4) is 0 Å². The molecular weight excluding hydrogens is 292 g/mol. The second-order valence-electron chi connectivity index (χ2n) is 6.75. The summed E-state index contributed by atoms with van der Waals surface area (Å²) in [4.78, 5) is 23.8. The van der Waals surface area contributed by atoms with E-state index in [0.717, 1.165) is 62.4 Å². The zero-order valence-electron chi connectivity index (χ0n) is 13.5. The monoisotopic (exact) mass is 316 g/mol. The average molecular weight is 316 g/mol. The summed E-state index contributed by atoms with van der Waals surface area (Å²) in [6.07, 6.45) is 6.72. The molecule has 2 atom stereocenters. The molecule has 1 aromatic rings. The van der Waals surface area contributed by atoms with Crippen molar-refractivity contribution in [1.82, 2.24) is 20.2 Å². The molecule has 2 saturated heterocycles. The summed E-state index contributed by atoms with van der Waals surface area (Å²) in [7, 11) is 0. The van der Waals surface area contributed by atoms with Gasteiger partial charge in [0.05, 0.1) is 5.69 Å². The first-order valence-electron chi connectivity index (χ1n) is 8.77. The molecule has 1 aromatic heterocycles. The van der Waals surface area contributed by atoms with Gasteiger partial charge < -0.3 is 15.0 Å². The third kappa shape index (κ3) is 3.10. The van der Waals surface area contributed by atoms with Crippen molar-refractivity contribution >= 4 is 5.91 Å². The fourth-order valence-corrected chi connectivity index (χ4v) is 3.76. The first-order chi connectivity index (χ1) is 11.3. The van der Waals surface area contributed by atoms with E-state index >= 15 is 0 Å². The molecule has 4 rings (SSSR count). The van der Waals surface area contributed by atoms with Crippen molar-refractivity contribution in [1.29, 1.82) is 0 Å². The number of carbonyl (C=O) groups is 1. The molecule has 6 heteroatoms. The predicted molar refractivity (Wildman–Crippen MR) is 85.0 cm³/mol. The quantitative estimate of drug-likeness (QED) is 0.882. The van der Waals surface area contributed by atoms with Crippen molar-refractivity contribution in [2.24, 2.45) is 0 Å². The van der Waals surface area contributed by atoms with E-state index in [1.54, 1.807) is 0 Å². The maximum absolute atomic E-state index is 12.5. The molecule has 6 nitrogen and oxygen atoms in total. The molecule has 0 spiro atoms. The van der Waals surface area contributed by atoms with Crippen molar-refractivity contribution in [2.75, 3.05) is 26.2 Å². The van der Waals surface area contributed by atoms with Gasteiger partial charge in [0.2, 0.25) is 0 Å². The number of carbonyl (C=O) groups excluding carboxylic acids is 1. The standard InChI is InChI=1S/C17H24N4O2/c22-17(15-4-2-8-23-15)21-7-5-14-13(11-21)10-19-16(20-14)12-3-1-6-18-9-12/h10,12,15,18H,1-9,11H2/t12-,15+/m1/s1. The molecule has 4 heterocycles. The Morgan fingerprint density at radius 2 is 2.30 bits per heavy atom. The number of nitrogens with zero attached hydrogens (tertiary/aromatic N) is 3. The number of aromatic nitrogens is 2. The number of ether oxygens (including phenoxy) is 1. The minimum Gasteiger partial charge on any atom is -0.368 e. The third-order valence-corrected chi connectivity index (χ3v) is 5.13. The lowest BCUT2D eigenvalue weighted by molar-refractivity contribution is -0.141. The number of fused-ring (bicyclic) bond motifs is 1. The van der Waals surface area contributed by atoms with Crippen LogP contribution in [0.4, 0.5) is 0 Å². The highest BCUT2D eigenvalue weighted by Crippen LogP contribution is 2.24. The van der Waals surface area contributed by atoms with Gasteiger partial charge in [0, 0.05) is 50.3 Å². The van der Waals surface area contributed by atoms with Crippen LogP contribution < -0.4 is 5.32 Å². The second kappa shape index (κ2) is 6.53. The van der Waals surface area contributed by atoms with Crippen LogP contribution in [0.15, 0.2) is 6.20 Å². The summed E-state index contributed by atoms with van der Waals surface area (Å²) >= 11 is 0. The van der Waals surface area contributed by atoms with Gasteiger partial charge in [-0.25, -0.2) is 9.97 Å². The van der Waals surface area contributed by atoms with Crippen LogP contribution in [0.1, 0.15) is 48.7 Å². The Balaban J connectivity index is 1.46. The third-order valence-electron chi connectivity index (χ3n) is 5.13. The van der Waals surface area contributed by atoms with Crippen LogP contribution in [0.2, 0.25) is 0 Å². The molecule has 0 bridgehead atoms. The lowest BCUT2D eigenvalue weighted by atomic mass is 9.98. The largest absolute Gasteiger partial charge is 0.368 e. The average Bonchev–Trinajstić information content (AvgIpc) is 3.15. The molecule has 2 fully saturated rings. The van der Waals surface area contributed by atoms with Crippen molar-refractivity contribution in [3.05, 3.63) is 23.3 Å². The van der Waals surface area contributed by atoms with Gasteiger partial charge >= 0.3 is 0 Å². The number of piperidine rings is 1. The van der Waals surface area contributed by atoms with E-state index in [1.807, 2.05) is 11.1 Å². The van der Waals surface area contributed by atoms with Gasteiger partial charge in [-0.3, -0.25) is 4.79 Å². The smallest absolute Gasteiger partial charge is 0.252 e. The van der Waals surface area contributed by atoms with Gasteiger partial charge in [-0.2, -0.15) is 0 Å². The summed E-state index contributed by atoms with van der Waals surface area (Å²) in [5.41, 5.74) is 2.21. The van der Waals surface area contributed by atoms with E-state index in [9.17, 15) is 4.79 Å². The Morgan fingerprint density at radius 3 is 3.09 bits per heavy atom. The highest BCUT2D eigenvalue weighted by Gasteiger charge is 2.31. The van der Waals surface area contributed by atoms with Crippen molar-refractivity contribution in [3.63, 3.8) is 0 Å². The highest BCUT2D eigenvalue weighted by molar-refractivity contribution is 5.81. The summed E-state index contributed by atoms with van der Waals surface area (Å²) < 4.78 is 5.52. The number of hydrogen-bond acceptors (Lipinski definition) is 5. The van der Waals surface area contributed by atoms with Gasteiger partial charge in [-0.15, -0.1) is 0 Å². The Hall–Kier alpha value is -1.53. The van der Waals surface area contributed by atoms with Gasteiger partial charge in [0.1, 0.15) is 11.9 Å². The predicted octanol–water partition coefficient (Wildman–Crippen LogP) is 1.01. The minimum atomic E-state index is -0.231. The molecule has 0 aliphatic carbocycles. The first-order valence-corrected chi connectivity index (χ1v) is 8.77. The van der Waals surface area contributed by atoms with Crippen molar-refractivity contribution < 1.29 is 9.53 Å². The van der Waals surface area contributed by atoms with E-state index in [1.165, 1.54) is 6.42 Å². The van der Waals surface area contributed by atoms with Gasteiger partial charge in [-0.05, 0) is 32.2 Å². The summed E-state index contributed by atoms with van der Waals surface area (Å²) in [5.74, 6) is 1.53. The number of hydrogen-bond donors (Lipinski definition) is 1. The van der Waals surface area contributed by atoms with Crippen LogP contribution in [-0.2, 0) is 22.5 Å². The molecular formula is C17H24N4O2. The van der Waals surface area contributed by atoms with Crippen LogP contribution in [0, 0.1) is 0 Å². The summed E-state index contributed by atoms with van der Waals surface area (Å²) in [6.45, 7) is 4.15. The molecule has 1 amide bonds. The van der Waals surface area contributed by atoms with Crippen molar-refractivity contribution in [2.45, 2.75) is 50.7 Å². The fourth-order valence-electron chi connectivity index (χ4n) is 3.76. The van der Waals surface area contributed by atoms with Gasteiger partial charge in [0.25, 0.3) is 5.91 Å². The Labute approximate surface area is 136 Å². The fraction of sp³-hybridized carbons (Fsp3) is 0.706. The van der Waals surface area contributed by atoms with Crippen LogP contribution in [0.5, 0.6) is 0 Å². The van der Waals surface area contributed by atoms with E-state index in [0.29, 0.717) is 19.1 Å². The lowest BCUT2D eigenvalue weighted by Crippen LogP contribution is -2.42. The van der Waals surface area contributed by atoms with E-state index in [4.69, 9.17) is 9.72 Å². The molecule has 0 aromatic carbocycles.